The first kappa shape index (κ1) is 16.7. The zero-order valence-corrected chi connectivity index (χ0v) is 13.8. The van der Waals surface area contributed by atoms with Gasteiger partial charge in [0.15, 0.2) is 5.82 Å². The van der Waals surface area contributed by atoms with Gasteiger partial charge in [0, 0.05) is 17.7 Å². The third kappa shape index (κ3) is 3.84. The number of nitrogen functional groups attached to an aromatic ring is 1. The fourth-order valence-corrected chi connectivity index (χ4v) is 2.49. The van der Waals surface area contributed by atoms with Crippen LogP contribution >= 0.6 is 0 Å². The number of nitrogens with one attached hydrogen (secondary N) is 1. The third-order valence-corrected chi connectivity index (χ3v) is 3.71. The van der Waals surface area contributed by atoms with Crippen molar-refractivity contribution >= 4 is 11.9 Å². The van der Waals surface area contributed by atoms with Crippen molar-refractivity contribution in [2.24, 2.45) is 0 Å². The van der Waals surface area contributed by atoms with E-state index in [-0.39, 0.29) is 12.6 Å². The van der Waals surface area contributed by atoms with Crippen LogP contribution in [0.25, 0.3) is 11.4 Å². The lowest BCUT2D eigenvalue weighted by Crippen LogP contribution is -2.09. The molecule has 0 radical (unpaired) electrons. The first-order valence-corrected chi connectivity index (χ1v) is 7.77. The van der Waals surface area contributed by atoms with Crippen LogP contribution < -0.4 is 15.8 Å². The Bertz CT molecular complexity index is 870. The molecule has 7 nitrogen and oxygen atoms in total. The number of hydrogen-bond acceptors (Lipinski definition) is 7. The molecule has 1 aromatic heterocycles. The molecule has 3 rings (SSSR count). The molecule has 128 valence electrons. The molecule has 2 aromatic carbocycles. The summed E-state index contributed by atoms with van der Waals surface area (Å²) in [5.41, 5.74) is 8.24. The van der Waals surface area contributed by atoms with Gasteiger partial charge in [-0.2, -0.15) is 15.0 Å². The molecule has 0 fully saturated rings. The van der Waals surface area contributed by atoms with E-state index < -0.39 is 0 Å². The van der Waals surface area contributed by atoms with Gasteiger partial charge in [0.25, 0.3) is 0 Å². The predicted molar refractivity (Wildman–Crippen MR) is 95.9 cm³/mol. The molecule has 7 heteroatoms. The van der Waals surface area contributed by atoms with Crippen LogP contribution in [0.1, 0.15) is 11.1 Å². The molecule has 0 bridgehead atoms. The number of benzene rings is 2. The number of hydrogen-bond donors (Lipinski definition) is 3. The lowest BCUT2D eigenvalue weighted by atomic mass is 10.1. The number of anilines is 2. The highest BCUT2D eigenvalue weighted by Gasteiger charge is 2.11. The molecule has 0 unspecified atom stereocenters. The summed E-state index contributed by atoms with van der Waals surface area (Å²) in [6, 6.07) is 15.1. The Morgan fingerprint density at radius 2 is 1.72 bits per heavy atom. The van der Waals surface area contributed by atoms with Crippen LogP contribution in [0.4, 0.5) is 11.9 Å². The van der Waals surface area contributed by atoms with Gasteiger partial charge in [-0.15, -0.1) is 0 Å². The topological polar surface area (TPSA) is 106 Å². The summed E-state index contributed by atoms with van der Waals surface area (Å²) in [5.74, 6) is 1.67. The average Bonchev–Trinajstić information content (AvgIpc) is 2.66. The molecule has 0 aliphatic rings. The zero-order valence-electron chi connectivity index (χ0n) is 13.8. The number of aliphatic hydroxyl groups excluding tert-OH is 1. The number of para-hydroxylation sites is 1. The van der Waals surface area contributed by atoms with Gasteiger partial charge in [0.1, 0.15) is 5.75 Å². The van der Waals surface area contributed by atoms with E-state index in [0.29, 0.717) is 18.3 Å². The highest BCUT2D eigenvalue weighted by Crippen LogP contribution is 2.22. The highest BCUT2D eigenvalue weighted by atomic mass is 16.5. The normalized spacial score (nSPS) is 10.5. The summed E-state index contributed by atoms with van der Waals surface area (Å²) in [4.78, 5) is 12.7. The maximum atomic E-state index is 9.50. The minimum Gasteiger partial charge on any atom is -0.496 e. The number of rotatable bonds is 6. The molecule has 0 saturated heterocycles. The van der Waals surface area contributed by atoms with E-state index in [0.717, 1.165) is 22.4 Å². The molecule has 0 amide bonds. The molecule has 0 atom stereocenters. The van der Waals surface area contributed by atoms with Crippen molar-refractivity contribution in [3.05, 3.63) is 59.7 Å². The van der Waals surface area contributed by atoms with E-state index in [1.165, 1.54) is 0 Å². The minimum absolute atomic E-state index is 0.105. The number of methoxy groups -OCH3 is 1. The van der Waals surface area contributed by atoms with Gasteiger partial charge in [0.2, 0.25) is 11.9 Å². The SMILES string of the molecule is COc1ccccc1CNc1nc(N)nc(-c2ccccc2CO)n1. The number of aliphatic hydroxyl groups is 1. The second kappa shape index (κ2) is 7.59. The van der Waals surface area contributed by atoms with Gasteiger partial charge < -0.3 is 20.9 Å². The molecule has 4 N–H and O–H groups in total. The fraction of sp³-hybridized carbons (Fsp3) is 0.167. The van der Waals surface area contributed by atoms with Crippen molar-refractivity contribution in [3.8, 4) is 17.1 Å². The first-order valence-electron chi connectivity index (χ1n) is 7.77. The third-order valence-electron chi connectivity index (χ3n) is 3.71. The maximum absolute atomic E-state index is 9.50. The van der Waals surface area contributed by atoms with Gasteiger partial charge in [-0.3, -0.25) is 0 Å². The van der Waals surface area contributed by atoms with E-state index in [9.17, 15) is 5.11 Å². The predicted octanol–water partition coefficient (Wildman–Crippen LogP) is 2.23. The molecule has 1 heterocycles. The number of nitrogens with two attached hydrogens (primary N) is 1. The van der Waals surface area contributed by atoms with Crippen molar-refractivity contribution < 1.29 is 9.84 Å². The molecule has 0 spiro atoms. The van der Waals surface area contributed by atoms with Crippen molar-refractivity contribution in [2.75, 3.05) is 18.2 Å². The second-order valence-corrected chi connectivity index (χ2v) is 5.32. The minimum atomic E-state index is -0.105. The summed E-state index contributed by atoms with van der Waals surface area (Å²) >= 11 is 0. The highest BCUT2D eigenvalue weighted by molar-refractivity contribution is 5.62. The van der Waals surface area contributed by atoms with Crippen LogP contribution in [0.2, 0.25) is 0 Å². The molecular weight excluding hydrogens is 318 g/mol. The maximum Gasteiger partial charge on any atom is 0.228 e. The Balaban J connectivity index is 1.87. The van der Waals surface area contributed by atoms with Gasteiger partial charge in [-0.05, 0) is 11.6 Å². The van der Waals surface area contributed by atoms with Crippen molar-refractivity contribution in [2.45, 2.75) is 13.2 Å². The number of aromatic nitrogens is 3. The Morgan fingerprint density at radius 1 is 1.00 bits per heavy atom. The smallest absolute Gasteiger partial charge is 0.228 e. The quantitative estimate of drug-likeness (QED) is 0.633. The molecule has 25 heavy (non-hydrogen) atoms. The van der Waals surface area contributed by atoms with Crippen LogP contribution in [0, 0.1) is 0 Å². The van der Waals surface area contributed by atoms with E-state index >= 15 is 0 Å². The molecule has 0 aliphatic heterocycles. The summed E-state index contributed by atoms with van der Waals surface area (Å²) < 4.78 is 5.34. The monoisotopic (exact) mass is 337 g/mol. The van der Waals surface area contributed by atoms with Crippen LogP contribution in [-0.2, 0) is 13.2 Å². The summed E-state index contributed by atoms with van der Waals surface area (Å²) in [6.07, 6.45) is 0. The Morgan fingerprint density at radius 3 is 2.48 bits per heavy atom. The van der Waals surface area contributed by atoms with Gasteiger partial charge in [-0.1, -0.05) is 42.5 Å². The summed E-state index contributed by atoms with van der Waals surface area (Å²) in [6.45, 7) is 0.375. The Labute approximate surface area is 145 Å². The fourth-order valence-electron chi connectivity index (χ4n) is 2.49. The number of nitrogens with zero attached hydrogens (tertiary/aromatic N) is 3. The lowest BCUT2D eigenvalue weighted by Gasteiger charge is -2.11. The summed E-state index contributed by atoms with van der Waals surface area (Å²) in [7, 11) is 1.63. The van der Waals surface area contributed by atoms with Crippen LogP contribution in [0.5, 0.6) is 5.75 Å². The van der Waals surface area contributed by atoms with Crippen molar-refractivity contribution in [1.82, 2.24) is 15.0 Å². The van der Waals surface area contributed by atoms with Gasteiger partial charge >= 0.3 is 0 Å². The second-order valence-electron chi connectivity index (χ2n) is 5.32. The van der Waals surface area contributed by atoms with Crippen LogP contribution in [0.3, 0.4) is 0 Å². The van der Waals surface area contributed by atoms with E-state index in [1.807, 2.05) is 48.5 Å². The number of ether oxygens (including phenoxy) is 1. The standard InChI is InChI=1S/C18H19N5O2/c1-25-15-9-5-3-6-12(15)10-20-18-22-16(21-17(19)23-18)14-8-4-2-7-13(14)11-24/h2-9,24H,10-11H2,1H3,(H3,19,20,21,22,23). The van der Waals surface area contributed by atoms with E-state index in [2.05, 4.69) is 20.3 Å². The lowest BCUT2D eigenvalue weighted by molar-refractivity contribution is 0.282. The molecule has 0 aliphatic carbocycles. The van der Waals surface area contributed by atoms with Gasteiger partial charge in [-0.25, -0.2) is 0 Å². The van der Waals surface area contributed by atoms with Gasteiger partial charge in [0.05, 0.1) is 13.7 Å². The average molecular weight is 337 g/mol. The first-order chi connectivity index (χ1) is 12.2. The zero-order chi connectivity index (χ0) is 17.6. The van der Waals surface area contributed by atoms with E-state index in [1.54, 1.807) is 7.11 Å². The Kier molecular flexibility index (Phi) is 5.06. The van der Waals surface area contributed by atoms with Crippen LogP contribution in [-0.4, -0.2) is 27.2 Å². The summed E-state index contributed by atoms with van der Waals surface area (Å²) in [5, 5.41) is 12.6. The van der Waals surface area contributed by atoms with Crippen molar-refractivity contribution in [3.63, 3.8) is 0 Å². The van der Waals surface area contributed by atoms with Crippen LogP contribution in [0.15, 0.2) is 48.5 Å². The largest absolute Gasteiger partial charge is 0.496 e. The van der Waals surface area contributed by atoms with E-state index in [4.69, 9.17) is 10.5 Å². The molecular formula is C18H19N5O2. The van der Waals surface area contributed by atoms with Crippen molar-refractivity contribution in [1.29, 1.82) is 0 Å². The Hall–Kier alpha value is -3.19. The molecule has 0 saturated carbocycles. The molecule has 3 aromatic rings.